The number of fused-ring (bicyclic) bond motifs is 2. The van der Waals surface area contributed by atoms with Gasteiger partial charge in [0.25, 0.3) is 0 Å². The zero-order chi connectivity index (χ0) is 20.3. The monoisotopic (exact) mass is 393 g/mol. The smallest absolute Gasteiger partial charge is 0.231 e. The van der Waals surface area contributed by atoms with Gasteiger partial charge in [0.05, 0.1) is 7.11 Å². The van der Waals surface area contributed by atoms with Crippen molar-refractivity contribution >= 4 is 11.5 Å². The molecule has 3 aliphatic rings. The summed E-state index contributed by atoms with van der Waals surface area (Å²) in [7, 11) is 1.52. The molecule has 0 unspecified atom stereocenters. The normalized spacial score (nSPS) is 21.3. The number of nitrogens with one attached hydrogen (secondary N) is 1. The van der Waals surface area contributed by atoms with E-state index in [9.17, 15) is 9.90 Å². The highest BCUT2D eigenvalue weighted by atomic mass is 16.7. The van der Waals surface area contributed by atoms with Crippen molar-refractivity contribution in [1.29, 1.82) is 0 Å². The molecule has 150 valence electrons. The van der Waals surface area contributed by atoms with Gasteiger partial charge < -0.3 is 24.6 Å². The molecule has 0 spiro atoms. The second-order valence-corrected chi connectivity index (χ2v) is 8.62. The minimum absolute atomic E-state index is 0.0707. The molecule has 6 heteroatoms. The van der Waals surface area contributed by atoms with Gasteiger partial charge in [-0.3, -0.25) is 4.79 Å². The first kappa shape index (κ1) is 17.9. The number of hydrogen-bond acceptors (Lipinski definition) is 6. The van der Waals surface area contributed by atoms with E-state index in [1.165, 1.54) is 7.11 Å². The Balaban J connectivity index is 1.73. The van der Waals surface area contributed by atoms with Gasteiger partial charge in [0.15, 0.2) is 28.8 Å². The van der Waals surface area contributed by atoms with E-state index < -0.39 is 0 Å². The zero-order valence-electron chi connectivity index (χ0n) is 16.7. The van der Waals surface area contributed by atoms with Crippen LogP contribution in [-0.4, -0.2) is 24.8 Å². The number of phenols is 1. The lowest BCUT2D eigenvalue weighted by Crippen LogP contribution is -2.33. The summed E-state index contributed by atoms with van der Waals surface area (Å²) in [5.74, 6) is 1.70. The number of Topliss-reactive ketones (excluding diaryl/α,β-unsaturated/α-hetero) is 1. The van der Waals surface area contributed by atoms with Crippen LogP contribution in [0.25, 0.3) is 0 Å². The predicted molar refractivity (Wildman–Crippen MR) is 108 cm³/mol. The van der Waals surface area contributed by atoms with E-state index in [-0.39, 0.29) is 29.7 Å². The minimum atomic E-state index is -0.270. The molecule has 0 saturated heterocycles. The molecule has 0 aromatic heterocycles. The Morgan fingerprint density at radius 3 is 2.66 bits per heavy atom. The van der Waals surface area contributed by atoms with Gasteiger partial charge in [-0.15, -0.1) is 0 Å². The number of carbonyl (C=O) groups excluding carboxylic acids is 1. The van der Waals surface area contributed by atoms with Crippen LogP contribution in [0, 0.1) is 5.41 Å². The predicted octanol–water partition coefficient (Wildman–Crippen LogP) is 4.33. The Hall–Kier alpha value is -3.15. The SMILES string of the molecule is COc1cc([C@H]2C3=C(CC(C)(C)CC3=O)Nc3cc4c(cc32)OCO4)ccc1O. The number of hydrogen-bond donors (Lipinski definition) is 2. The number of benzene rings is 2. The van der Waals surface area contributed by atoms with Crippen molar-refractivity contribution in [1.82, 2.24) is 0 Å². The van der Waals surface area contributed by atoms with Crippen LogP contribution in [0.15, 0.2) is 41.6 Å². The number of phenolic OH excluding ortho intramolecular Hbond substituents is 1. The van der Waals surface area contributed by atoms with E-state index in [0.717, 1.165) is 34.5 Å². The fourth-order valence-electron chi connectivity index (χ4n) is 4.62. The van der Waals surface area contributed by atoms with Crippen molar-refractivity contribution in [2.45, 2.75) is 32.6 Å². The van der Waals surface area contributed by atoms with Crippen LogP contribution in [0.3, 0.4) is 0 Å². The van der Waals surface area contributed by atoms with Gasteiger partial charge in [0.1, 0.15) is 0 Å². The van der Waals surface area contributed by atoms with Gasteiger partial charge in [-0.2, -0.15) is 0 Å². The summed E-state index contributed by atoms with van der Waals surface area (Å²) in [6.07, 6.45) is 1.28. The lowest BCUT2D eigenvalue weighted by molar-refractivity contribution is -0.118. The Bertz CT molecular complexity index is 1070. The van der Waals surface area contributed by atoms with Crippen molar-refractivity contribution in [2.75, 3.05) is 19.2 Å². The summed E-state index contributed by atoms with van der Waals surface area (Å²) < 4.78 is 16.5. The van der Waals surface area contributed by atoms with E-state index in [2.05, 4.69) is 19.2 Å². The number of rotatable bonds is 2. The van der Waals surface area contributed by atoms with Crippen LogP contribution in [-0.2, 0) is 4.79 Å². The molecule has 0 bridgehead atoms. The van der Waals surface area contributed by atoms with E-state index in [1.54, 1.807) is 12.1 Å². The third-order valence-electron chi connectivity index (χ3n) is 5.89. The first-order valence-electron chi connectivity index (χ1n) is 9.70. The number of ether oxygens (including phenoxy) is 3. The number of aromatic hydroxyl groups is 1. The number of allylic oxidation sites excluding steroid dienone is 2. The van der Waals surface area contributed by atoms with Gasteiger partial charge >= 0.3 is 0 Å². The Morgan fingerprint density at radius 2 is 1.90 bits per heavy atom. The van der Waals surface area contributed by atoms with E-state index in [0.29, 0.717) is 23.7 Å². The number of anilines is 1. The molecule has 2 N–H and O–H groups in total. The third kappa shape index (κ3) is 2.82. The minimum Gasteiger partial charge on any atom is -0.504 e. The molecule has 2 heterocycles. The van der Waals surface area contributed by atoms with Gasteiger partial charge in [-0.05, 0) is 41.2 Å². The van der Waals surface area contributed by atoms with Crippen LogP contribution in [0.5, 0.6) is 23.0 Å². The summed E-state index contributed by atoms with van der Waals surface area (Å²) in [4.78, 5) is 13.3. The molecule has 6 nitrogen and oxygen atoms in total. The molecule has 0 saturated carbocycles. The largest absolute Gasteiger partial charge is 0.504 e. The van der Waals surface area contributed by atoms with Crippen molar-refractivity contribution in [3.05, 3.63) is 52.7 Å². The highest BCUT2D eigenvalue weighted by Crippen LogP contribution is 2.52. The van der Waals surface area contributed by atoms with Crippen molar-refractivity contribution in [3.63, 3.8) is 0 Å². The average molecular weight is 393 g/mol. The molecular formula is C23H23NO5. The van der Waals surface area contributed by atoms with Gasteiger partial charge in [-0.25, -0.2) is 0 Å². The third-order valence-corrected chi connectivity index (χ3v) is 5.89. The van der Waals surface area contributed by atoms with Crippen molar-refractivity contribution < 1.29 is 24.1 Å². The standard InChI is InChI=1S/C23H23NO5/c1-23(2)9-15-22(17(26)10-23)21(12-4-5-16(25)18(6-12)27-3)13-7-19-20(29-11-28-19)8-14(13)24-15/h4-8,21,24-25H,9-11H2,1-3H3/t21-/m1/s1. The van der Waals surface area contributed by atoms with Gasteiger partial charge in [0, 0.05) is 35.4 Å². The topological polar surface area (TPSA) is 77.0 Å². The highest BCUT2D eigenvalue weighted by Gasteiger charge is 2.41. The quantitative estimate of drug-likeness (QED) is 0.791. The summed E-state index contributed by atoms with van der Waals surface area (Å²) in [6.45, 7) is 4.42. The number of ketones is 1. The molecule has 0 amide bonds. The van der Waals surface area contributed by atoms with E-state index >= 15 is 0 Å². The molecule has 2 aromatic rings. The Morgan fingerprint density at radius 1 is 1.14 bits per heavy atom. The van der Waals surface area contributed by atoms with Crippen LogP contribution >= 0.6 is 0 Å². The zero-order valence-corrected chi connectivity index (χ0v) is 16.7. The maximum atomic E-state index is 13.3. The summed E-state index contributed by atoms with van der Waals surface area (Å²) in [5, 5.41) is 13.6. The molecule has 0 fully saturated rings. The molecule has 5 rings (SSSR count). The maximum Gasteiger partial charge on any atom is 0.231 e. The van der Waals surface area contributed by atoms with Crippen LogP contribution < -0.4 is 19.5 Å². The fraction of sp³-hybridized carbons (Fsp3) is 0.348. The lowest BCUT2D eigenvalue weighted by Gasteiger charge is -2.39. The summed E-state index contributed by atoms with van der Waals surface area (Å²) in [5.41, 5.74) is 4.39. The molecular weight excluding hydrogens is 370 g/mol. The second-order valence-electron chi connectivity index (χ2n) is 8.62. The van der Waals surface area contributed by atoms with Gasteiger partial charge in [0.2, 0.25) is 6.79 Å². The first-order chi connectivity index (χ1) is 13.9. The molecule has 0 radical (unpaired) electrons. The van der Waals surface area contributed by atoms with E-state index in [1.807, 2.05) is 18.2 Å². The fourth-order valence-corrected chi connectivity index (χ4v) is 4.62. The van der Waals surface area contributed by atoms with Gasteiger partial charge in [-0.1, -0.05) is 19.9 Å². The van der Waals surface area contributed by atoms with Crippen molar-refractivity contribution in [3.8, 4) is 23.0 Å². The summed E-state index contributed by atoms with van der Waals surface area (Å²) >= 11 is 0. The first-order valence-corrected chi connectivity index (χ1v) is 9.70. The van der Waals surface area contributed by atoms with Crippen LogP contribution in [0.4, 0.5) is 5.69 Å². The average Bonchev–Trinajstić information content (AvgIpc) is 3.11. The van der Waals surface area contributed by atoms with Crippen LogP contribution in [0.2, 0.25) is 0 Å². The molecule has 29 heavy (non-hydrogen) atoms. The maximum absolute atomic E-state index is 13.3. The lowest BCUT2D eigenvalue weighted by atomic mass is 9.68. The van der Waals surface area contributed by atoms with Crippen molar-refractivity contribution in [2.24, 2.45) is 5.41 Å². The number of methoxy groups -OCH3 is 1. The Kier molecular flexibility index (Phi) is 3.81. The molecule has 1 aliphatic carbocycles. The molecule has 2 aromatic carbocycles. The Labute approximate surface area is 169 Å². The summed E-state index contributed by atoms with van der Waals surface area (Å²) in [6, 6.07) is 9.15. The highest BCUT2D eigenvalue weighted by molar-refractivity contribution is 6.01. The van der Waals surface area contributed by atoms with Crippen LogP contribution in [0.1, 0.15) is 43.7 Å². The second kappa shape index (κ2) is 6.17. The molecule has 1 atom stereocenters. The van der Waals surface area contributed by atoms with E-state index in [4.69, 9.17) is 14.2 Å². The molecule has 2 aliphatic heterocycles. The number of carbonyl (C=O) groups is 1.